The van der Waals surface area contributed by atoms with Crippen molar-refractivity contribution in [2.75, 3.05) is 12.8 Å². The average Bonchev–Trinajstić information content (AvgIpc) is 2.73. The maximum absolute atomic E-state index is 12.6. The first-order valence-corrected chi connectivity index (χ1v) is 11.8. The minimum absolute atomic E-state index is 0.0464. The number of nitrogens with two attached hydrogens (primary N) is 1. The molecule has 7 nitrogen and oxygen atoms in total. The van der Waals surface area contributed by atoms with Gasteiger partial charge in [0.25, 0.3) is 0 Å². The SMILES string of the molecule is CSSc1cccc2cccc(COC(=O)[C@@H]3C[C@@H](O)[C@@H](O)[C@@H]([C@H](O)CN)O3)c12. The Bertz CT molecular complexity index is 846. The third kappa shape index (κ3) is 5.05. The van der Waals surface area contributed by atoms with Gasteiger partial charge in [-0.15, -0.1) is 0 Å². The molecule has 5 atom stereocenters. The second-order valence-corrected chi connectivity index (χ2v) is 9.25. The summed E-state index contributed by atoms with van der Waals surface area (Å²) in [5, 5.41) is 32.0. The van der Waals surface area contributed by atoms with Gasteiger partial charge in [0, 0.05) is 23.2 Å². The van der Waals surface area contributed by atoms with E-state index in [0.717, 1.165) is 21.2 Å². The topological polar surface area (TPSA) is 122 Å². The molecule has 2 aromatic carbocycles. The van der Waals surface area contributed by atoms with Crippen LogP contribution in [0.1, 0.15) is 12.0 Å². The molecule has 1 saturated heterocycles. The van der Waals surface area contributed by atoms with Gasteiger partial charge in [-0.1, -0.05) is 51.9 Å². The molecule has 0 aromatic heterocycles. The highest BCUT2D eigenvalue weighted by atomic mass is 33.1. The van der Waals surface area contributed by atoms with Crippen LogP contribution in [0, 0.1) is 0 Å². The van der Waals surface area contributed by atoms with E-state index in [1.165, 1.54) is 0 Å². The summed E-state index contributed by atoms with van der Waals surface area (Å²) < 4.78 is 11.0. The lowest BCUT2D eigenvalue weighted by Gasteiger charge is -2.38. The molecule has 1 aliphatic heterocycles. The van der Waals surface area contributed by atoms with Crippen molar-refractivity contribution in [1.82, 2.24) is 0 Å². The Hall–Kier alpha value is -1.33. The molecule has 158 valence electrons. The zero-order valence-electron chi connectivity index (χ0n) is 15.9. The largest absolute Gasteiger partial charge is 0.459 e. The van der Waals surface area contributed by atoms with E-state index in [9.17, 15) is 20.1 Å². The number of hydrogen-bond donors (Lipinski definition) is 4. The molecule has 1 aliphatic rings. The van der Waals surface area contributed by atoms with Gasteiger partial charge in [-0.05, 0) is 23.3 Å². The van der Waals surface area contributed by atoms with Gasteiger partial charge in [0.15, 0.2) is 6.10 Å². The second kappa shape index (κ2) is 10.1. The van der Waals surface area contributed by atoms with Crippen LogP contribution in [0.25, 0.3) is 10.8 Å². The van der Waals surface area contributed by atoms with Crippen molar-refractivity contribution in [2.24, 2.45) is 5.73 Å². The Labute approximate surface area is 177 Å². The summed E-state index contributed by atoms with van der Waals surface area (Å²) in [4.78, 5) is 13.6. The normalized spacial score (nSPS) is 25.7. The smallest absolute Gasteiger partial charge is 0.335 e. The van der Waals surface area contributed by atoms with Crippen LogP contribution >= 0.6 is 21.6 Å². The Balaban J connectivity index is 1.74. The van der Waals surface area contributed by atoms with Gasteiger partial charge < -0.3 is 30.5 Å². The quantitative estimate of drug-likeness (QED) is 0.375. The third-order valence-electron chi connectivity index (χ3n) is 4.89. The molecule has 0 amide bonds. The van der Waals surface area contributed by atoms with Crippen LogP contribution in [0.5, 0.6) is 0 Å². The molecule has 2 aromatic rings. The summed E-state index contributed by atoms with van der Waals surface area (Å²) in [7, 11) is 3.27. The summed E-state index contributed by atoms with van der Waals surface area (Å²) in [6.07, 6.45) is -4.08. The van der Waals surface area contributed by atoms with Crippen LogP contribution in [0.2, 0.25) is 0 Å². The van der Waals surface area contributed by atoms with Crippen LogP contribution in [0.4, 0.5) is 0 Å². The Morgan fingerprint density at radius 2 is 2.03 bits per heavy atom. The molecule has 0 bridgehead atoms. The molecule has 5 N–H and O–H groups in total. The number of benzene rings is 2. The lowest BCUT2D eigenvalue weighted by Crippen LogP contribution is -2.56. The third-order valence-corrected chi connectivity index (χ3v) is 6.61. The molecular weight excluding hydrogens is 414 g/mol. The Kier molecular flexibility index (Phi) is 7.80. The van der Waals surface area contributed by atoms with Gasteiger partial charge in [-0.2, -0.15) is 0 Å². The van der Waals surface area contributed by atoms with E-state index < -0.39 is 36.5 Å². The van der Waals surface area contributed by atoms with Crippen molar-refractivity contribution in [3.05, 3.63) is 42.0 Å². The molecule has 0 spiro atoms. The monoisotopic (exact) mass is 439 g/mol. The average molecular weight is 440 g/mol. The number of rotatable bonds is 7. The summed E-state index contributed by atoms with van der Waals surface area (Å²) in [6, 6.07) is 11.8. The highest BCUT2D eigenvalue weighted by molar-refractivity contribution is 8.76. The molecule has 1 heterocycles. The van der Waals surface area contributed by atoms with Crippen molar-refractivity contribution < 1.29 is 29.6 Å². The van der Waals surface area contributed by atoms with Gasteiger partial charge in [0.05, 0.1) is 12.2 Å². The molecule has 3 rings (SSSR count). The summed E-state index contributed by atoms with van der Waals surface area (Å²) >= 11 is 0. The van der Waals surface area contributed by atoms with E-state index in [-0.39, 0.29) is 19.6 Å². The number of aliphatic hydroxyl groups is 3. The minimum Gasteiger partial charge on any atom is -0.459 e. The standard InChI is InChI=1S/C20H25NO6S2/c1-28-29-16-7-3-5-11-4-2-6-12(17(11)16)10-26-20(25)15-8-13(22)18(24)19(27-15)14(23)9-21/h2-7,13-15,18-19,22-24H,8-10,21H2,1H3/t13-,14-,15+,18-,19-/m1/s1. The zero-order valence-corrected chi connectivity index (χ0v) is 17.6. The van der Waals surface area contributed by atoms with Crippen molar-refractivity contribution in [2.45, 2.75) is 48.4 Å². The van der Waals surface area contributed by atoms with Crippen molar-refractivity contribution in [3.63, 3.8) is 0 Å². The zero-order chi connectivity index (χ0) is 21.0. The first kappa shape index (κ1) is 22.4. The number of hydrogen-bond acceptors (Lipinski definition) is 9. The number of ether oxygens (including phenoxy) is 2. The first-order chi connectivity index (χ1) is 14.0. The molecule has 1 fully saturated rings. The summed E-state index contributed by atoms with van der Waals surface area (Å²) in [5.41, 5.74) is 6.28. The van der Waals surface area contributed by atoms with Crippen LogP contribution in [-0.2, 0) is 20.9 Å². The molecule has 0 unspecified atom stereocenters. The van der Waals surface area contributed by atoms with Gasteiger partial charge >= 0.3 is 5.97 Å². The molecule has 9 heteroatoms. The highest BCUT2D eigenvalue weighted by Gasteiger charge is 2.43. The number of esters is 1. The van der Waals surface area contributed by atoms with E-state index in [1.807, 2.05) is 42.7 Å². The molecular formula is C20H25NO6S2. The molecule has 0 aliphatic carbocycles. The van der Waals surface area contributed by atoms with E-state index in [0.29, 0.717) is 0 Å². The predicted octanol–water partition coefficient (Wildman–Crippen LogP) is 1.45. The Morgan fingerprint density at radius 1 is 1.31 bits per heavy atom. The molecule has 29 heavy (non-hydrogen) atoms. The van der Waals surface area contributed by atoms with Crippen molar-refractivity contribution >= 4 is 38.3 Å². The summed E-state index contributed by atoms with van der Waals surface area (Å²) in [5.74, 6) is -0.655. The lowest BCUT2D eigenvalue weighted by atomic mass is 9.94. The second-order valence-electron chi connectivity index (χ2n) is 6.82. The van der Waals surface area contributed by atoms with Crippen molar-refractivity contribution in [1.29, 1.82) is 0 Å². The van der Waals surface area contributed by atoms with Crippen molar-refractivity contribution in [3.8, 4) is 0 Å². The number of fused-ring (bicyclic) bond motifs is 1. The highest BCUT2D eigenvalue weighted by Crippen LogP contribution is 2.36. The number of carbonyl (C=O) groups is 1. The van der Waals surface area contributed by atoms with Gasteiger partial charge in [0.2, 0.25) is 0 Å². The predicted molar refractivity (Wildman–Crippen MR) is 113 cm³/mol. The molecule has 0 radical (unpaired) electrons. The fourth-order valence-electron chi connectivity index (χ4n) is 3.41. The molecule has 0 saturated carbocycles. The maximum Gasteiger partial charge on any atom is 0.335 e. The van der Waals surface area contributed by atoms with E-state index in [4.69, 9.17) is 15.2 Å². The minimum atomic E-state index is -1.32. The van der Waals surface area contributed by atoms with Gasteiger partial charge in [-0.25, -0.2) is 4.79 Å². The van der Waals surface area contributed by atoms with E-state index >= 15 is 0 Å². The fourth-order valence-corrected chi connectivity index (χ4v) is 5.01. The fraction of sp³-hybridized carbons (Fsp3) is 0.450. The summed E-state index contributed by atoms with van der Waals surface area (Å²) in [6.45, 7) is -0.118. The number of aliphatic hydroxyl groups excluding tert-OH is 3. The van der Waals surface area contributed by atoms with E-state index in [2.05, 4.69) is 0 Å². The first-order valence-electron chi connectivity index (χ1n) is 9.24. The van der Waals surface area contributed by atoms with Gasteiger partial charge in [-0.3, -0.25) is 0 Å². The van der Waals surface area contributed by atoms with Crippen LogP contribution in [-0.4, -0.2) is 64.6 Å². The Morgan fingerprint density at radius 3 is 2.72 bits per heavy atom. The van der Waals surface area contributed by atoms with Crippen LogP contribution < -0.4 is 5.73 Å². The maximum atomic E-state index is 12.6. The van der Waals surface area contributed by atoms with Crippen LogP contribution in [0.3, 0.4) is 0 Å². The van der Waals surface area contributed by atoms with Crippen LogP contribution in [0.15, 0.2) is 41.3 Å². The number of carbonyl (C=O) groups excluding carboxylic acids is 1. The van der Waals surface area contributed by atoms with E-state index in [1.54, 1.807) is 21.6 Å². The van der Waals surface area contributed by atoms with Gasteiger partial charge in [0.1, 0.15) is 18.8 Å². The lowest BCUT2D eigenvalue weighted by molar-refractivity contribution is -0.211.